The maximum absolute atomic E-state index is 13.9. The van der Waals surface area contributed by atoms with Crippen molar-refractivity contribution >= 4 is 16.6 Å². The number of hydrogen-bond acceptors (Lipinski definition) is 4. The monoisotopic (exact) mass is 433 g/mol. The van der Waals surface area contributed by atoms with Gasteiger partial charge < -0.3 is 9.88 Å². The maximum Gasteiger partial charge on any atom is 0.123 e. The summed E-state index contributed by atoms with van der Waals surface area (Å²) in [7, 11) is 0. The Balaban J connectivity index is 1.19. The Kier molecular flexibility index (Phi) is 5.81. The standard InChI is InChI=1S/C25H25F2N5/c26-20-3-5-24-22(12-20)18(16-30-24)2-1-7-31-8-10-32(11-9-31)25-6-4-21(27)13-23(25)19-14-28-17-29-15-19/h3-6,12-17,30H,1-2,7-11H2. The summed E-state index contributed by atoms with van der Waals surface area (Å²) in [6, 6.07) is 9.81. The summed E-state index contributed by atoms with van der Waals surface area (Å²) in [5.74, 6) is -0.458. The zero-order chi connectivity index (χ0) is 21.9. The number of hydrogen-bond donors (Lipinski definition) is 1. The van der Waals surface area contributed by atoms with Gasteiger partial charge in [0.15, 0.2) is 0 Å². The number of halogens is 2. The molecular formula is C25H25F2N5. The summed E-state index contributed by atoms with van der Waals surface area (Å²) >= 11 is 0. The molecule has 1 fully saturated rings. The first-order valence-electron chi connectivity index (χ1n) is 10.9. The highest BCUT2D eigenvalue weighted by molar-refractivity contribution is 5.83. The Hall–Kier alpha value is -3.32. The molecule has 0 spiro atoms. The smallest absolute Gasteiger partial charge is 0.123 e. The minimum absolute atomic E-state index is 0.198. The lowest BCUT2D eigenvalue weighted by Gasteiger charge is -2.37. The van der Waals surface area contributed by atoms with Crippen LogP contribution in [0.2, 0.25) is 0 Å². The second-order valence-electron chi connectivity index (χ2n) is 8.22. The fourth-order valence-electron chi connectivity index (χ4n) is 4.52. The van der Waals surface area contributed by atoms with Crippen LogP contribution in [-0.2, 0) is 6.42 Å². The zero-order valence-corrected chi connectivity index (χ0v) is 17.8. The lowest BCUT2D eigenvalue weighted by Crippen LogP contribution is -2.46. The molecule has 5 rings (SSSR count). The molecule has 32 heavy (non-hydrogen) atoms. The van der Waals surface area contributed by atoms with E-state index < -0.39 is 0 Å². The van der Waals surface area contributed by atoms with Crippen molar-refractivity contribution in [2.24, 2.45) is 0 Å². The van der Waals surface area contributed by atoms with E-state index in [0.717, 1.165) is 73.3 Å². The van der Waals surface area contributed by atoms with Crippen LogP contribution in [0.1, 0.15) is 12.0 Å². The number of rotatable bonds is 6. The van der Waals surface area contributed by atoms with Gasteiger partial charge in [-0.3, -0.25) is 4.90 Å². The fourth-order valence-corrected chi connectivity index (χ4v) is 4.52. The minimum Gasteiger partial charge on any atom is -0.368 e. The number of nitrogens with one attached hydrogen (secondary N) is 1. The van der Waals surface area contributed by atoms with E-state index in [-0.39, 0.29) is 11.6 Å². The molecule has 0 unspecified atom stereocenters. The van der Waals surface area contributed by atoms with E-state index in [1.54, 1.807) is 30.6 Å². The van der Waals surface area contributed by atoms with Crippen LogP contribution in [0.5, 0.6) is 0 Å². The molecule has 1 saturated heterocycles. The van der Waals surface area contributed by atoms with Gasteiger partial charge in [-0.2, -0.15) is 0 Å². The number of anilines is 1. The van der Waals surface area contributed by atoms with Gasteiger partial charge in [0.25, 0.3) is 0 Å². The van der Waals surface area contributed by atoms with Crippen LogP contribution >= 0.6 is 0 Å². The van der Waals surface area contributed by atoms with Crippen LogP contribution in [0.15, 0.2) is 61.3 Å². The molecule has 0 bridgehead atoms. The fraction of sp³-hybridized carbons (Fsp3) is 0.280. The molecule has 0 radical (unpaired) electrons. The van der Waals surface area contributed by atoms with Crippen molar-refractivity contribution in [2.75, 3.05) is 37.6 Å². The van der Waals surface area contributed by atoms with Crippen LogP contribution in [0.4, 0.5) is 14.5 Å². The molecule has 7 heteroatoms. The number of H-pyrrole nitrogens is 1. The molecule has 0 amide bonds. The van der Waals surface area contributed by atoms with Gasteiger partial charge in [0.05, 0.1) is 0 Å². The topological polar surface area (TPSA) is 48.0 Å². The second-order valence-corrected chi connectivity index (χ2v) is 8.22. The van der Waals surface area contributed by atoms with E-state index in [9.17, 15) is 8.78 Å². The van der Waals surface area contributed by atoms with Crippen molar-refractivity contribution in [1.82, 2.24) is 19.9 Å². The SMILES string of the molecule is Fc1ccc(N2CCN(CCCc3c[nH]c4ccc(F)cc34)CC2)c(-c2cncnc2)c1. The van der Waals surface area contributed by atoms with Crippen molar-refractivity contribution in [3.63, 3.8) is 0 Å². The van der Waals surface area contributed by atoms with Crippen LogP contribution < -0.4 is 4.90 Å². The normalized spacial score (nSPS) is 14.9. The maximum atomic E-state index is 13.9. The number of piperazine rings is 1. The summed E-state index contributed by atoms with van der Waals surface area (Å²) in [6.07, 6.45) is 8.85. The largest absolute Gasteiger partial charge is 0.368 e. The lowest BCUT2D eigenvalue weighted by molar-refractivity contribution is 0.255. The summed E-state index contributed by atoms with van der Waals surface area (Å²) in [6.45, 7) is 4.66. The Morgan fingerprint density at radius 2 is 1.66 bits per heavy atom. The molecule has 2 aromatic heterocycles. The Morgan fingerprint density at radius 3 is 2.47 bits per heavy atom. The molecule has 0 saturated carbocycles. The third kappa shape index (κ3) is 4.34. The number of fused-ring (bicyclic) bond motifs is 1. The summed E-state index contributed by atoms with van der Waals surface area (Å²) in [4.78, 5) is 16.2. The molecule has 1 aliphatic heterocycles. The highest BCUT2D eigenvalue weighted by Gasteiger charge is 2.20. The Bertz CT molecular complexity index is 1200. The van der Waals surface area contributed by atoms with E-state index in [1.165, 1.54) is 24.0 Å². The van der Waals surface area contributed by atoms with Gasteiger partial charge in [-0.15, -0.1) is 0 Å². The second kappa shape index (κ2) is 9.04. The van der Waals surface area contributed by atoms with Gasteiger partial charge in [-0.25, -0.2) is 18.7 Å². The average Bonchev–Trinajstić information content (AvgIpc) is 3.22. The summed E-state index contributed by atoms with van der Waals surface area (Å²) in [5, 5.41) is 0.976. The molecule has 4 aromatic rings. The number of nitrogens with zero attached hydrogens (tertiary/aromatic N) is 4. The molecule has 0 aliphatic carbocycles. The highest BCUT2D eigenvalue weighted by Crippen LogP contribution is 2.31. The lowest BCUT2D eigenvalue weighted by atomic mass is 10.0. The van der Waals surface area contributed by atoms with Crippen molar-refractivity contribution in [2.45, 2.75) is 12.8 Å². The number of aryl methyl sites for hydroxylation is 1. The van der Waals surface area contributed by atoms with Crippen molar-refractivity contribution < 1.29 is 8.78 Å². The molecule has 5 nitrogen and oxygen atoms in total. The molecule has 1 N–H and O–H groups in total. The third-order valence-electron chi connectivity index (χ3n) is 6.19. The molecule has 2 aromatic carbocycles. The number of aromatic amines is 1. The Labute approximate surface area is 185 Å². The minimum atomic E-state index is -0.261. The summed E-state index contributed by atoms with van der Waals surface area (Å²) < 4.78 is 27.5. The van der Waals surface area contributed by atoms with Crippen LogP contribution in [0, 0.1) is 11.6 Å². The van der Waals surface area contributed by atoms with E-state index in [0.29, 0.717) is 0 Å². The number of benzene rings is 2. The van der Waals surface area contributed by atoms with Crippen LogP contribution in [0.3, 0.4) is 0 Å². The van der Waals surface area contributed by atoms with Crippen LogP contribution in [-0.4, -0.2) is 52.6 Å². The van der Waals surface area contributed by atoms with Crippen molar-refractivity contribution in [1.29, 1.82) is 0 Å². The van der Waals surface area contributed by atoms with E-state index in [4.69, 9.17) is 0 Å². The average molecular weight is 434 g/mol. The molecule has 3 heterocycles. The van der Waals surface area contributed by atoms with Crippen molar-refractivity contribution in [3.8, 4) is 11.1 Å². The first kappa shape index (κ1) is 20.6. The van der Waals surface area contributed by atoms with Gasteiger partial charge in [0, 0.05) is 72.5 Å². The van der Waals surface area contributed by atoms with Gasteiger partial charge in [-0.1, -0.05) is 0 Å². The molecular weight excluding hydrogens is 408 g/mol. The molecule has 0 atom stereocenters. The van der Waals surface area contributed by atoms with Crippen molar-refractivity contribution in [3.05, 3.63) is 78.5 Å². The summed E-state index contributed by atoms with van der Waals surface area (Å²) in [5.41, 5.74) is 4.81. The molecule has 1 aliphatic rings. The third-order valence-corrected chi connectivity index (χ3v) is 6.19. The number of aromatic nitrogens is 3. The van der Waals surface area contributed by atoms with Crippen LogP contribution in [0.25, 0.3) is 22.0 Å². The van der Waals surface area contributed by atoms with E-state index >= 15 is 0 Å². The highest BCUT2D eigenvalue weighted by atomic mass is 19.1. The zero-order valence-electron chi connectivity index (χ0n) is 17.8. The van der Waals surface area contributed by atoms with Gasteiger partial charge in [0.2, 0.25) is 0 Å². The van der Waals surface area contributed by atoms with Gasteiger partial charge in [0.1, 0.15) is 18.0 Å². The first-order valence-corrected chi connectivity index (χ1v) is 10.9. The predicted octanol–water partition coefficient (Wildman–Crippen LogP) is 4.66. The van der Waals surface area contributed by atoms with E-state index in [2.05, 4.69) is 24.8 Å². The quantitative estimate of drug-likeness (QED) is 0.481. The first-order chi connectivity index (χ1) is 15.7. The predicted molar refractivity (Wildman–Crippen MR) is 123 cm³/mol. The van der Waals surface area contributed by atoms with Gasteiger partial charge in [-0.05, 0) is 61.3 Å². The Morgan fingerprint density at radius 1 is 0.906 bits per heavy atom. The van der Waals surface area contributed by atoms with Gasteiger partial charge >= 0.3 is 0 Å². The molecule has 164 valence electrons. The van der Waals surface area contributed by atoms with E-state index in [1.807, 2.05) is 12.3 Å².